The van der Waals surface area contributed by atoms with Crippen molar-refractivity contribution in [1.82, 2.24) is 5.32 Å². The molecule has 1 heterocycles. The van der Waals surface area contributed by atoms with Crippen molar-refractivity contribution >= 4 is 5.97 Å². The van der Waals surface area contributed by atoms with E-state index in [-0.39, 0.29) is 5.97 Å². The molecule has 1 aliphatic heterocycles. The summed E-state index contributed by atoms with van der Waals surface area (Å²) in [5, 5.41) is 3.24. The second-order valence-corrected chi connectivity index (χ2v) is 4.25. The molecule has 1 fully saturated rings. The van der Waals surface area contributed by atoms with Crippen molar-refractivity contribution in [3.05, 3.63) is 0 Å². The van der Waals surface area contributed by atoms with Crippen LogP contribution in [0.5, 0.6) is 0 Å². The van der Waals surface area contributed by atoms with Crippen LogP contribution in [0.4, 0.5) is 0 Å². The normalized spacial score (nSPS) is 19.9. The van der Waals surface area contributed by atoms with E-state index in [0.29, 0.717) is 25.6 Å². The lowest BCUT2D eigenvalue weighted by molar-refractivity contribution is -0.146. The standard InChI is InChI=1S/C12H23NO3/c1-2-3-6-15-7-8-16-12(14)9-11-4-5-13-10-11/h11,13H,2-10H2,1H3. The fraction of sp³-hybridized carbons (Fsp3) is 0.917. The highest BCUT2D eigenvalue weighted by molar-refractivity contribution is 5.69. The third kappa shape index (κ3) is 6.08. The van der Waals surface area contributed by atoms with Crippen LogP contribution in [-0.4, -0.2) is 38.9 Å². The van der Waals surface area contributed by atoms with Crippen molar-refractivity contribution in [1.29, 1.82) is 0 Å². The zero-order valence-corrected chi connectivity index (χ0v) is 10.2. The highest BCUT2D eigenvalue weighted by atomic mass is 16.6. The number of carbonyl (C=O) groups excluding carboxylic acids is 1. The summed E-state index contributed by atoms with van der Waals surface area (Å²) in [6.45, 7) is 5.77. The molecule has 1 N–H and O–H groups in total. The third-order valence-electron chi connectivity index (χ3n) is 2.75. The first kappa shape index (κ1) is 13.5. The molecule has 94 valence electrons. The van der Waals surface area contributed by atoms with Crippen LogP contribution in [0.25, 0.3) is 0 Å². The van der Waals surface area contributed by atoms with Gasteiger partial charge in [-0.15, -0.1) is 0 Å². The molecule has 4 nitrogen and oxygen atoms in total. The fourth-order valence-electron chi connectivity index (χ4n) is 1.75. The van der Waals surface area contributed by atoms with E-state index in [1.165, 1.54) is 0 Å². The van der Waals surface area contributed by atoms with Crippen LogP contribution in [0.15, 0.2) is 0 Å². The lowest BCUT2D eigenvalue weighted by Gasteiger charge is -2.08. The summed E-state index contributed by atoms with van der Waals surface area (Å²) in [6, 6.07) is 0. The highest BCUT2D eigenvalue weighted by Crippen LogP contribution is 2.12. The average Bonchev–Trinajstić information content (AvgIpc) is 2.76. The Hall–Kier alpha value is -0.610. The number of carbonyl (C=O) groups is 1. The van der Waals surface area contributed by atoms with Gasteiger partial charge < -0.3 is 14.8 Å². The van der Waals surface area contributed by atoms with Crippen LogP contribution in [0.3, 0.4) is 0 Å². The zero-order valence-electron chi connectivity index (χ0n) is 10.2. The van der Waals surface area contributed by atoms with Gasteiger partial charge in [-0.3, -0.25) is 4.79 Å². The molecule has 1 atom stereocenters. The van der Waals surface area contributed by atoms with Gasteiger partial charge in [-0.25, -0.2) is 0 Å². The van der Waals surface area contributed by atoms with E-state index in [1.807, 2.05) is 0 Å². The summed E-state index contributed by atoms with van der Waals surface area (Å²) in [4.78, 5) is 11.4. The minimum Gasteiger partial charge on any atom is -0.463 e. The van der Waals surface area contributed by atoms with Gasteiger partial charge >= 0.3 is 5.97 Å². The third-order valence-corrected chi connectivity index (χ3v) is 2.75. The van der Waals surface area contributed by atoms with Crippen LogP contribution in [0.2, 0.25) is 0 Å². The van der Waals surface area contributed by atoms with E-state index in [9.17, 15) is 4.79 Å². The largest absolute Gasteiger partial charge is 0.463 e. The molecule has 0 bridgehead atoms. The van der Waals surface area contributed by atoms with E-state index in [1.54, 1.807) is 0 Å². The van der Waals surface area contributed by atoms with Crippen LogP contribution >= 0.6 is 0 Å². The molecule has 16 heavy (non-hydrogen) atoms. The summed E-state index contributed by atoms with van der Waals surface area (Å²) < 4.78 is 10.4. The van der Waals surface area contributed by atoms with Crippen molar-refractivity contribution in [2.75, 3.05) is 32.9 Å². The monoisotopic (exact) mass is 229 g/mol. The fourth-order valence-corrected chi connectivity index (χ4v) is 1.75. The Bertz CT molecular complexity index is 191. The molecular weight excluding hydrogens is 206 g/mol. The number of rotatable bonds is 8. The first-order valence-corrected chi connectivity index (χ1v) is 6.27. The first-order chi connectivity index (χ1) is 7.83. The maximum absolute atomic E-state index is 11.4. The van der Waals surface area contributed by atoms with E-state index in [4.69, 9.17) is 9.47 Å². The van der Waals surface area contributed by atoms with E-state index in [2.05, 4.69) is 12.2 Å². The van der Waals surface area contributed by atoms with Gasteiger partial charge in [0.15, 0.2) is 0 Å². The van der Waals surface area contributed by atoms with Gasteiger partial charge in [-0.05, 0) is 31.8 Å². The Labute approximate surface area is 97.7 Å². The van der Waals surface area contributed by atoms with Crippen LogP contribution in [-0.2, 0) is 14.3 Å². The van der Waals surface area contributed by atoms with Gasteiger partial charge in [0, 0.05) is 13.0 Å². The molecule has 0 spiro atoms. The molecule has 1 unspecified atom stereocenters. The quantitative estimate of drug-likeness (QED) is 0.504. The summed E-state index contributed by atoms with van der Waals surface area (Å²) in [6.07, 6.45) is 3.83. The molecule has 0 aromatic carbocycles. The predicted molar refractivity (Wildman–Crippen MR) is 62.3 cm³/mol. The van der Waals surface area contributed by atoms with Gasteiger partial charge in [-0.2, -0.15) is 0 Å². The van der Waals surface area contributed by atoms with Crippen LogP contribution in [0.1, 0.15) is 32.6 Å². The molecule has 1 aliphatic rings. The van der Waals surface area contributed by atoms with Gasteiger partial charge in [-0.1, -0.05) is 13.3 Å². The number of hydrogen-bond donors (Lipinski definition) is 1. The molecule has 0 aromatic heterocycles. The van der Waals surface area contributed by atoms with Gasteiger partial charge in [0.1, 0.15) is 6.61 Å². The van der Waals surface area contributed by atoms with Crippen molar-refractivity contribution in [2.45, 2.75) is 32.6 Å². The average molecular weight is 229 g/mol. The minimum absolute atomic E-state index is 0.0900. The zero-order chi connectivity index (χ0) is 11.6. The Morgan fingerprint density at radius 3 is 2.94 bits per heavy atom. The van der Waals surface area contributed by atoms with E-state index in [0.717, 1.165) is 39.0 Å². The molecule has 0 aliphatic carbocycles. The van der Waals surface area contributed by atoms with Crippen molar-refractivity contribution in [2.24, 2.45) is 5.92 Å². The molecular formula is C12H23NO3. The minimum atomic E-state index is -0.0900. The molecule has 4 heteroatoms. The summed E-state index contributed by atoms with van der Waals surface area (Å²) in [5.41, 5.74) is 0. The Balaban J connectivity index is 1.89. The van der Waals surface area contributed by atoms with Crippen molar-refractivity contribution < 1.29 is 14.3 Å². The first-order valence-electron chi connectivity index (χ1n) is 6.27. The number of ether oxygens (including phenoxy) is 2. The molecule has 1 rings (SSSR count). The smallest absolute Gasteiger partial charge is 0.306 e. The molecule has 0 amide bonds. The second-order valence-electron chi connectivity index (χ2n) is 4.25. The molecule has 1 saturated heterocycles. The Morgan fingerprint density at radius 1 is 1.38 bits per heavy atom. The predicted octanol–water partition coefficient (Wildman–Crippen LogP) is 1.35. The highest BCUT2D eigenvalue weighted by Gasteiger charge is 2.18. The lowest BCUT2D eigenvalue weighted by atomic mass is 10.1. The number of nitrogens with one attached hydrogen (secondary N) is 1. The summed E-state index contributed by atoms with van der Waals surface area (Å²) in [5.74, 6) is 0.376. The second kappa shape index (κ2) is 8.53. The molecule has 0 saturated carbocycles. The van der Waals surface area contributed by atoms with Crippen LogP contribution < -0.4 is 5.32 Å². The maximum atomic E-state index is 11.4. The van der Waals surface area contributed by atoms with Crippen molar-refractivity contribution in [3.63, 3.8) is 0 Å². The number of unbranched alkanes of at least 4 members (excludes halogenated alkanes) is 1. The maximum Gasteiger partial charge on any atom is 0.306 e. The summed E-state index contributed by atoms with van der Waals surface area (Å²) in [7, 11) is 0. The number of hydrogen-bond acceptors (Lipinski definition) is 4. The SMILES string of the molecule is CCCCOCCOC(=O)CC1CCNC1. The lowest BCUT2D eigenvalue weighted by Crippen LogP contribution is -2.16. The van der Waals surface area contributed by atoms with Gasteiger partial charge in [0.2, 0.25) is 0 Å². The van der Waals surface area contributed by atoms with Crippen molar-refractivity contribution in [3.8, 4) is 0 Å². The van der Waals surface area contributed by atoms with Gasteiger partial charge in [0.25, 0.3) is 0 Å². The molecule has 0 aromatic rings. The summed E-state index contributed by atoms with van der Waals surface area (Å²) >= 11 is 0. The Morgan fingerprint density at radius 2 is 2.25 bits per heavy atom. The Kier molecular flexibility index (Phi) is 7.17. The number of esters is 1. The van der Waals surface area contributed by atoms with Crippen LogP contribution in [0, 0.1) is 5.92 Å². The molecule has 0 radical (unpaired) electrons. The van der Waals surface area contributed by atoms with Gasteiger partial charge in [0.05, 0.1) is 6.61 Å². The van der Waals surface area contributed by atoms with E-state index >= 15 is 0 Å². The van der Waals surface area contributed by atoms with E-state index < -0.39 is 0 Å². The topological polar surface area (TPSA) is 47.6 Å².